The summed E-state index contributed by atoms with van der Waals surface area (Å²) in [5, 5.41) is 13.7. The second-order valence-corrected chi connectivity index (χ2v) is 4.31. The van der Waals surface area contributed by atoms with Crippen molar-refractivity contribution in [2.75, 3.05) is 25.1 Å². The number of benzene rings is 1. The van der Waals surface area contributed by atoms with E-state index in [9.17, 15) is 10.1 Å². The maximum Gasteiger partial charge on any atom is 0.269 e. The molecule has 6 heteroatoms. The molecule has 98 valence electrons. The van der Waals surface area contributed by atoms with Crippen LogP contribution in [-0.2, 0) is 9.47 Å². The van der Waals surface area contributed by atoms with Crippen molar-refractivity contribution < 1.29 is 14.4 Å². The minimum absolute atomic E-state index is 0.0926. The lowest BCUT2D eigenvalue weighted by Gasteiger charge is -2.22. The van der Waals surface area contributed by atoms with E-state index in [1.165, 1.54) is 12.1 Å². The molecule has 0 bridgehead atoms. The number of hydrogen-bond acceptors (Lipinski definition) is 5. The lowest BCUT2D eigenvalue weighted by Crippen LogP contribution is -2.28. The number of nitrogens with one attached hydrogen (secondary N) is 1. The number of hydrogen-bond donors (Lipinski definition) is 1. The summed E-state index contributed by atoms with van der Waals surface area (Å²) in [5.74, 6) is -0.506. The molecule has 1 aromatic rings. The van der Waals surface area contributed by atoms with Crippen LogP contribution in [0.25, 0.3) is 0 Å². The standard InChI is InChI=1S/C12H16N2O4/c1-12(17-8-9-18-12)6-7-13-10-2-4-11(5-3-10)14(15)16/h2-5,13H,6-9H2,1H3. The third kappa shape index (κ3) is 3.18. The zero-order chi connectivity index (χ0) is 13.0. The highest BCUT2D eigenvalue weighted by Gasteiger charge is 2.30. The lowest BCUT2D eigenvalue weighted by atomic mass is 10.2. The summed E-state index contributed by atoms with van der Waals surface area (Å²) in [4.78, 5) is 10.1. The first-order chi connectivity index (χ1) is 8.59. The van der Waals surface area contributed by atoms with Crippen LogP contribution < -0.4 is 5.32 Å². The fourth-order valence-corrected chi connectivity index (χ4v) is 1.84. The second-order valence-electron chi connectivity index (χ2n) is 4.31. The van der Waals surface area contributed by atoms with Gasteiger partial charge in [0, 0.05) is 30.8 Å². The number of nitro benzene ring substituents is 1. The lowest BCUT2D eigenvalue weighted by molar-refractivity contribution is -0.384. The van der Waals surface area contributed by atoms with Gasteiger partial charge in [-0.1, -0.05) is 0 Å². The predicted molar refractivity (Wildman–Crippen MR) is 66.5 cm³/mol. The molecule has 1 aliphatic heterocycles. The Morgan fingerprint density at radius 1 is 1.33 bits per heavy atom. The third-order valence-corrected chi connectivity index (χ3v) is 2.88. The minimum Gasteiger partial charge on any atom is -0.385 e. The molecule has 1 saturated heterocycles. The fraction of sp³-hybridized carbons (Fsp3) is 0.500. The summed E-state index contributed by atoms with van der Waals surface area (Å²) in [7, 11) is 0. The van der Waals surface area contributed by atoms with Crippen molar-refractivity contribution >= 4 is 11.4 Å². The first kappa shape index (κ1) is 12.8. The highest BCUT2D eigenvalue weighted by molar-refractivity contribution is 5.48. The molecule has 0 aliphatic carbocycles. The van der Waals surface area contributed by atoms with E-state index in [0.29, 0.717) is 19.8 Å². The summed E-state index contributed by atoms with van der Waals surface area (Å²) in [5.41, 5.74) is 0.942. The molecule has 1 N–H and O–H groups in total. The van der Waals surface area contributed by atoms with Crippen LogP contribution in [0.1, 0.15) is 13.3 Å². The van der Waals surface area contributed by atoms with E-state index in [1.807, 2.05) is 6.92 Å². The van der Waals surface area contributed by atoms with Crippen LogP contribution in [0.15, 0.2) is 24.3 Å². The molecule has 0 amide bonds. The van der Waals surface area contributed by atoms with Crippen molar-refractivity contribution in [3.8, 4) is 0 Å². The molecule has 6 nitrogen and oxygen atoms in total. The molecule has 1 fully saturated rings. The maximum absolute atomic E-state index is 10.5. The van der Waals surface area contributed by atoms with Crippen molar-refractivity contribution in [3.05, 3.63) is 34.4 Å². The van der Waals surface area contributed by atoms with Gasteiger partial charge in [0.2, 0.25) is 0 Å². The van der Waals surface area contributed by atoms with Crippen molar-refractivity contribution in [3.63, 3.8) is 0 Å². The van der Waals surface area contributed by atoms with Gasteiger partial charge in [0.25, 0.3) is 5.69 Å². The van der Waals surface area contributed by atoms with Gasteiger partial charge in [0.1, 0.15) is 0 Å². The molecular formula is C12H16N2O4. The Morgan fingerprint density at radius 2 is 1.94 bits per heavy atom. The monoisotopic (exact) mass is 252 g/mol. The molecule has 1 heterocycles. The normalized spacial score (nSPS) is 17.6. The zero-order valence-electron chi connectivity index (χ0n) is 10.2. The molecular weight excluding hydrogens is 236 g/mol. The quantitative estimate of drug-likeness (QED) is 0.642. The van der Waals surface area contributed by atoms with Gasteiger partial charge in [0.05, 0.1) is 18.1 Å². The van der Waals surface area contributed by atoms with Crippen LogP contribution in [0.2, 0.25) is 0 Å². The first-order valence-electron chi connectivity index (χ1n) is 5.85. The second kappa shape index (κ2) is 5.32. The summed E-state index contributed by atoms with van der Waals surface area (Å²) < 4.78 is 11.0. The van der Waals surface area contributed by atoms with Crippen molar-refractivity contribution in [1.29, 1.82) is 0 Å². The van der Waals surface area contributed by atoms with Gasteiger partial charge in [-0.15, -0.1) is 0 Å². The molecule has 2 rings (SSSR count). The van der Waals surface area contributed by atoms with Gasteiger partial charge in [-0.3, -0.25) is 10.1 Å². The number of anilines is 1. The molecule has 0 atom stereocenters. The Labute approximate surface area is 105 Å². The van der Waals surface area contributed by atoms with Crippen LogP contribution in [0.5, 0.6) is 0 Å². The Kier molecular flexibility index (Phi) is 3.78. The Bertz CT molecular complexity index is 413. The average Bonchev–Trinajstić information content (AvgIpc) is 2.77. The summed E-state index contributed by atoms with van der Waals surface area (Å²) in [6.45, 7) is 3.87. The van der Waals surface area contributed by atoms with Crippen LogP contribution in [0.3, 0.4) is 0 Å². The zero-order valence-corrected chi connectivity index (χ0v) is 10.2. The first-order valence-corrected chi connectivity index (χ1v) is 5.85. The smallest absolute Gasteiger partial charge is 0.269 e. The van der Waals surface area contributed by atoms with Crippen LogP contribution in [0, 0.1) is 10.1 Å². The van der Waals surface area contributed by atoms with Gasteiger partial charge in [-0.2, -0.15) is 0 Å². The van der Waals surface area contributed by atoms with Gasteiger partial charge >= 0.3 is 0 Å². The van der Waals surface area contributed by atoms with Crippen molar-refractivity contribution in [2.45, 2.75) is 19.1 Å². The van der Waals surface area contributed by atoms with Gasteiger partial charge in [-0.25, -0.2) is 0 Å². The molecule has 0 radical (unpaired) electrons. The Morgan fingerprint density at radius 3 is 2.50 bits per heavy atom. The van der Waals surface area contributed by atoms with E-state index >= 15 is 0 Å². The van der Waals surface area contributed by atoms with E-state index in [1.54, 1.807) is 12.1 Å². The van der Waals surface area contributed by atoms with E-state index in [0.717, 1.165) is 12.1 Å². The summed E-state index contributed by atoms with van der Waals surface area (Å²) in [6, 6.07) is 6.34. The number of ether oxygens (including phenoxy) is 2. The molecule has 1 aliphatic rings. The molecule has 0 aromatic heterocycles. The topological polar surface area (TPSA) is 73.6 Å². The van der Waals surface area contributed by atoms with Gasteiger partial charge in [0.15, 0.2) is 5.79 Å². The van der Waals surface area contributed by atoms with E-state index in [-0.39, 0.29) is 5.69 Å². The van der Waals surface area contributed by atoms with E-state index in [4.69, 9.17) is 9.47 Å². The molecule has 18 heavy (non-hydrogen) atoms. The number of nitrogens with zero attached hydrogens (tertiary/aromatic N) is 1. The van der Waals surface area contributed by atoms with Crippen LogP contribution >= 0.6 is 0 Å². The highest BCUT2D eigenvalue weighted by atomic mass is 16.7. The number of nitro groups is 1. The number of non-ortho nitro benzene ring substituents is 1. The average molecular weight is 252 g/mol. The number of rotatable bonds is 5. The predicted octanol–water partition coefficient (Wildman–Crippen LogP) is 2.16. The maximum atomic E-state index is 10.5. The van der Waals surface area contributed by atoms with Crippen LogP contribution in [0.4, 0.5) is 11.4 Å². The highest BCUT2D eigenvalue weighted by Crippen LogP contribution is 2.22. The van der Waals surface area contributed by atoms with Crippen molar-refractivity contribution in [2.24, 2.45) is 0 Å². The van der Waals surface area contributed by atoms with Crippen molar-refractivity contribution in [1.82, 2.24) is 0 Å². The SMILES string of the molecule is CC1(CCNc2ccc([N+](=O)[O-])cc2)OCCO1. The Hall–Kier alpha value is -1.66. The van der Waals surface area contributed by atoms with Crippen LogP contribution in [-0.4, -0.2) is 30.5 Å². The molecule has 1 aromatic carbocycles. The summed E-state index contributed by atoms with van der Waals surface area (Å²) in [6.07, 6.45) is 0.726. The van der Waals surface area contributed by atoms with Gasteiger partial charge in [-0.05, 0) is 19.1 Å². The van der Waals surface area contributed by atoms with E-state index in [2.05, 4.69) is 5.32 Å². The Balaban J connectivity index is 1.81. The largest absolute Gasteiger partial charge is 0.385 e. The molecule has 0 spiro atoms. The third-order valence-electron chi connectivity index (χ3n) is 2.88. The van der Waals surface area contributed by atoms with Gasteiger partial charge < -0.3 is 14.8 Å². The summed E-state index contributed by atoms with van der Waals surface area (Å²) >= 11 is 0. The van der Waals surface area contributed by atoms with E-state index < -0.39 is 10.7 Å². The molecule has 0 saturated carbocycles. The fourth-order valence-electron chi connectivity index (χ4n) is 1.84. The minimum atomic E-state index is -0.506. The molecule has 0 unspecified atom stereocenters.